The molecule has 0 saturated heterocycles. The van der Waals surface area contributed by atoms with Gasteiger partial charge in [0.15, 0.2) is 0 Å². The number of rotatable bonds is 3. The second kappa shape index (κ2) is 5.90. The van der Waals surface area contributed by atoms with Gasteiger partial charge < -0.3 is 0 Å². The van der Waals surface area contributed by atoms with Crippen molar-refractivity contribution in [1.29, 1.82) is 0 Å². The molecule has 0 amide bonds. The van der Waals surface area contributed by atoms with Crippen molar-refractivity contribution in [2.45, 2.75) is 13.8 Å². The molecule has 0 aliphatic rings. The number of hydrazone groups is 1. The number of aromatic nitrogens is 1. The molecule has 1 heterocycles. The first-order chi connectivity index (χ1) is 9.90. The summed E-state index contributed by atoms with van der Waals surface area (Å²) in [5, 5.41) is 3.59. The number of nitrogens with zero attached hydrogens (tertiary/aromatic N) is 2. The van der Waals surface area contributed by atoms with Crippen LogP contribution in [0.1, 0.15) is 16.7 Å². The molecule has 3 nitrogen and oxygen atoms in total. The van der Waals surface area contributed by atoms with Crippen molar-refractivity contribution in [3.8, 4) is 0 Å². The highest BCUT2D eigenvalue weighted by Gasteiger charge is 2.20. The lowest BCUT2D eigenvalue weighted by atomic mass is 10.1. The zero-order chi connectivity index (χ0) is 15.6. The van der Waals surface area contributed by atoms with Crippen LogP contribution in [0.5, 0.6) is 0 Å². The number of aryl methyl sites for hydroxylation is 2. The van der Waals surface area contributed by atoms with Crippen LogP contribution in [-0.2, 0) is 0 Å². The van der Waals surface area contributed by atoms with Crippen molar-refractivity contribution in [3.05, 3.63) is 58.4 Å². The number of nitrogens with one attached hydrogen (secondary N) is 1. The lowest BCUT2D eigenvalue weighted by molar-refractivity contribution is 0.411. The molecule has 7 heteroatoms. The van der Waals surface area contributed by atoms with E-state index in [0.717, 1.165) is 11.1 Å². The van der Waals surface area contributed by atoms with Gasteiger partial charge in [-0.2, -0.15) is 27.6 Å². The van der Waals surface area contributed by atoms with E-state index in [4.69, 9.17) is 0 Å². The normalized spacial score (nSPS) is 11.1. The highest BCUT2D eigenvalue weighted by Crippen LogP contribution is 2.21. The fraction of sp³-hybridized carbons (Fsp3) is 0.143. The Bertz CT molecular complexity index is 688. The fourth-order valence-corrected chi connectivity index (χ4v) is 1.72. The van der Waals surface area contributed by atoms with E-state index in [2.05, 4.69) is 10.1 Å². The summed E-state index contributed by atoms with van der Waals surface area (Å²) < 4.78 is 52.4. The van der Waals surface area contributed by atoms with Gasteiger partial charge in [-0.25, -0.2) is 0 Å². The molecule has 0 spiro atoms. The second-order valence-electron chi connectivity index (χ2n) is 4.43. The Morgan fingerprint density at radius 1 is 1.05 bits per heavy atom. The minimum Gasteiger partial charge on any atom is -0.272 e. The molecule has 0 saturated carbocycles. The fourth-order valence-electron chi connectivity index (χ4n) is 1.72. The van der Waals surface area contributed by atoms with E-state index in [-0.39, 0.29) is 0 Å². The molecule has 2 aromatic rings. The minimum absolute atomic E-state index is 0.698. The van der Waals surface area contributed by atoms with Gasteiger partial charge in [-0.3, -0.25) is 5.43 Å². The Morgan fingerprint density at radius 2 is 1.67 bits per heavy atom. The topological polar surface area (TPSA) is 37.3 Å². The summed E-state index contributed by atoms with van der Waals surface area (Å²) in [6, 6.07) is 5.49. The number of benzene rings is 1. The first kappa shape index (κ1) is 15.0. The van der Waals surface area contributed by atoms with Gasteiger partial charge in [0.05, 0.1) is 6.21 Å². The number of hydrogen-bond acceptors (Lipinski definition) is 3. The summed E-state index contributed by atoms with van der Waals surface area (Å²) in [5.74, 6) is -6.74. The van der Waals surface area contributed by atoms with Crippen molar-refractivity contribution in [2.75, 3.05) is 5.43 Å². The molecule has 0 aliphatic heterocycles. The Balaban J connectivity index is 2.26. The van der Waals surface area contributed by atoms with Crippen LogP contribution in [0.3, 0.4) is 0 Å². The maximum absolute atomic E-state index is 13.3. The predicted molar refractivity (Wildman–Crippen MR) is 71.2 cm³/mol. The first-order valence-corrected chi connectivity index (χ1v) is 5.96. The van der Waals surface area contributed by atoms with E-state index < -0.39 is 29.2 Å². The maximum Gasteiger partial charge on any atom is 0.254 e. The predicted octanol–water partition coefficient (Wildman–Crippen LogP) is 3.70. The lowest BCUT2D eigenvalue weighted by Gasteiger charge is -2.05. The van der Waals surface area contributed by atoms with E-state index in [1.165, 1.54) is 6.21 Å². The van der Waals surface area contributed by atoms with Crippen molar-refractivity contribution >= 4 is 11.9 Å². The molecule has 110 valence electrons. The summed E-state index contributed by atoms with van der Waals surface area (Å²) >= 11 is 0. The number of halogens is 4. The van der Waals surface area contributed by atoms with E-state index in [1.54, 1.807) is 6.07 Å². The third kappa shape index (κ3) is 3.18. The van der Waals surface area contributed by atoms with Gasteiger partial charge >= 0.3 is 0 Å². The van der Waals surface area contributed by atoms with E-state index in [9.17, 15) is 17.6 Å². The molecule has 0 bridgehead atoms. The summed E-state index contributed by atoms with van der Waals surface area (Å²) in [6.45, 7) is 3.75. The van der Waals surface area contributed by atoms with Crippen LogP contribution in [-0.4, -0.2) is 11.2 Å². The largest absolute Gasteiger partial charge is 0.272 e. The molecule has 0 aliphatic carbocycles. The van der Waals surface area contributed by atoms with Gasteiger partial charge in [0, 0.05) is 0 Å². The molecule has 1 aromatic carbocycles. The van der Waals surface area contributed by atoms with Crippen LogP contribution < -0.4 is 5.43 Å². The number of anilines is 1. The molecule has 1 N–H and O–H groups in total. The molecule has 0 fully saturated rings. The van der Waals surface area contributed by atoms with Gasteiger partial charge in [0.1, 0.15) is 5.69 Å². The standard InChI is InChI=1S/C14H11F4N3/c1-7-3-4-9(8(2)5-7)6-19-21-12-10(15)13(17)20-14(18)11(12)16/h3-6H,1-2H3,(H,20,21)/b19-6+. The quantitative estimate of drug-likeness (QED) is 0.406. The van der Waals surface area contributed by atoms with Crippen molar-refractivity contribution in [3.63, 3.8) is 0 Å². The molecular formula is C14H11F4N3. The second-order valence-corrected chi connectivity index (χ2v) is 4.43. The SMILES string of the molecule is Cc1ccc(/C=N/Nc2c(F)c(F)nc(F)c2F)c(C)c1. The van der Waals surface area contributed by atoms with E-state index in [1.807, 2.05) is 31.4 Å². The summed E-state index contributed by atoms with van der Waals surface area (Å²) in [5.41, 5.74) is 3.57. The van der Waals surface area contributed by atoms with Gasteiger partial charge in [0.25, 0.3) is 11.9 Å². The molecule has 0 radical (unpaired) electrons. The third-order valence-corrected chi connectivity index (χ3v) is 2.80. The monoisotopic (exact) mass is 297 g/mol. The van der Waals surface area contributed by atoms with Crippen LogP contribution >= 0.6 is 0 Å². The van der Waals surface area contributed by atoms with Crippen LogP contribution in [0.25, 0.3) is 0 Å². The highest BCUT2D eigenvalue weighted by molar-refractivity contribution is 5.82. The molecular weight excluding hydrogens is 286 g/mol. The lowest BCUT2D eigenvalue weighted by Crippen LogP contribution is -2.06. The van der Waals surface area contributed by atoms with Gasteiger partial charge in [-0.05, 0) is 25.0 Å². The molecule has 2 rings (SSSR count). The maximum atomic E-state index is 13.3. The smallest absolute Gasteiger partial charge is 0.254 e. The Hall–Kier alpha value is -2.44. The zero-order valence-corrected chi connectivity index (χ0v) is 11.2. The van der Waals surface area contributed by atoms with Crippen molar-refractivity contribution in [1.82, 2.24) is 4.98 Å². The Labute approximate surface area is 118 Å². The van der Waals surface area contributed by atoms with Crippen molar-refractivity contribution in [2.24, 2.45) is 5.10 Å². The van der Waals surface area contributed by atoms with Crippen LogP contribution in [0.2, 0.25) is 0 Å². The Kier molecular flexibility index (Phi) is 4.21. The molecule has 1 aromatic heterocycles. The van der Waals surface area contributed by atoms with Gasteiger partial charge in [-0.1, -0.05) is 23.8 Å². The van der Waals surface area contributed by atoms with Crippen molar-refractivity contribution < 1.29 is 17.6 Å². The summed E-state index contributed by atoms with van der Waals surface area (Å²) in [6.07, 6.45) is 1.30. The van der Waals surface area contributed by atoms with Crippen LogP contribution in [0.4, 0.5) is 23.2 Å². The van der Waals surface area contributed by atoms with Gasteiger partial charge in [0.2, 0.25) is 11.6 Å². The average Bonchev–Trinajstić information content (AvgIpc) is 2.42. The summed E-state index contributed by atoms with van der Waals surface area (Å²) in [7, 11) is 0. The van der Waals surface area contributed by atoms with E-state index in [0.29, 0.717) is 5.56 Å². The average molecular weight is 297 g/mol. The minimum atomic E-state index is -1.74. The number of pyridine rings is 1. The Morgan fingerprint density at radius 3 is 2.24 bits per heavy atom. The number of hydrogen-bond donors (Lipinski definition) is 1. The molecule has 0 unspecified atom stereocenters. The highest BCUT2D eigenvalue weighted by atomic mass is 19.2. The van der Waals surface area contributed by atoms with Crippen LogP contribution in [0, 0.1) is 37.4 Å². The third-order valence-electron chi connectivity index (χ3n) is 2.80. The summed E-state index contributed by atoms with van der Waals surface area (Å²) in [4.78, 5) is 2.45. The van der Waals surface area contributed by atoms with Gasteiger partial charge in [-0.15, -0.1) is 0 Å². The zero-order valence-electron chi connectivity index (χ0n) is 11.2. The molecule has 0 atom stereocenters. The van der Waals surface area contributed by atoms with Crippen LogP contribution in [0.15, 0.2) is 23.3 Å². The first-order valence-electron chi connectivity index (χ1n) is 5.96. The van der Waals surface area contributed by atoms with E-state index >= 15 is 0 Å². The molecule has 21 heavy (non-hydrogen) atoms.